The first-order chi connectivity index (χ1) is 17.2. The molecule has 0 saturated heterocycles. The van der Waals surface area contributed by atoms with E-state index in [0.717, 1.165) is 36.1 Å². The lowest BCUT2D eigenvalue weighted by atomic mass is 9.95. The molecule has 2 N–H and O–H groups in total. The number of amides is 2. The third-order valence-electron chi connectivity index (χ3n) is 6.82. The Kier molecular flexibility index (Phi) is 5.96. The first kappa shape index (κ1) is 23.9. The van der Waals surface area contributed by atoms with E-state index in [4.69, 9.17) is 0 Å². The van der Waals surface area contributed by atoms with Crippen molar-refractivity contribution in [2.45, 2.75) is 26.6 Å². The van der Waals surface area contributed by atoms with Crippen LogP contribution in [0, 0.1) is 0 Å². The summed E-state index contributed by atoms with van der Waals surface area (Å²) in [6, 6.07) is 10.9. The van der Waals surface area contributed by atoms with Crippen molar-refractivity contribution in [3.8, 4) is 0 Å². The molecule has 0 saturated carbocycles. The largest absolute Gasteiger partial charge is 0.416 e. The third kappa shape index (κ3) is 3.99. The number of H-pyrrole nitrogens is 1. The molecule has 0 spiro atoms. The number of carbonyl (C=O) groups excluding carboxylic acids is 2. The lowest BCUT2D eigenvalue weighted by molar-refractivity contribution is -0.137. The Labute approximate surface area is 205 Å². The van der Waals surface area contributed by atoms with E-state index < -0.39 is 23.6 Å². The van der Waals surface area contributed by atoms with Gasteiger partial charge in [-0.2, -0.15) is 13.2 Å². The zero-order chi connectivity index (χ0) is 25.6. The normalized spacial score (nSPS) is 14.6. The minimum atomic E-state index is -4.50. The second-order valence-electron chi connectivity index (χ2n) is 8.77. The Morgan fingerprint density at radius 2 is 1.61 bits per heavy atom. The van der Waals surface area contributed by atoms with Crippen LogP contribution in [0.2, 0.25) is 0 Å². The highest BCUT2D eigenvalue weighted by Gasteiger charge is 2.36. The summed E-state index contributed by atoms with van der Waals surface area (Å²) in [5.74, 6) is -1.10. The van der Waals surface area contributed by atoms with Gasteiger partial charge in [-0.1, -0.05) is 38.1 Å². The summed E-state index contributed by atoms with van der Waals surface area (Å²) in [6.07, 6.45) is -1.13. The molecule has 36 heavy (non-hydrogen) atoms. The molecule has 3 heterocycles. The molecule has 1 aliphatic rings. The fourth-order valence-electron chi connectivity index (χ4n) is 4.89. The molecule has 0 radical (unpaired) electrons. The van der Waals surface area contributed by atoms with Crippen LogP contribution in [-0.2, 0) is 22.3 Å². The number of halogens is 3. The summed E-state index contributed by atoms with van der Waals surface area (Å²) in [6.45, 7) is 6.73. The number of nitrogens with zero attached hydrogens (tertiary/aromatic N) is 2. The van der Waals surface area contributed by atoms with E-state index in [-0.39, 0.29) is 11.1 Å². The minimum absolute atomic E-state index is 0.163. The molecule has 5 rings (SSSR count). The lowest BCUT2D eigenvalue weighted by Crippen LogP contribution is -2.26. The van der Waals surface area contributed by atoms with Gasteiger partial charge < -0.3 is 14.5 Å². The van der Waals surface area contributed by atoms with Crippen LogP contribution in [0.5, 0.6) is 0 Å². The number of para-hydroxylation sites is 1. The highest BCUT2D eigenvalue weighted by Crippen LogP contribution is 2.40. The molecule has 2 amide bonds. The summed E-state index contributed by atoms with van der Waals surface area (Å²) < 4.78 is 42.4. The van der Waals surface area contributed by atoms with E-state index in [2.05, 4.69) is 15.2 Å². The summed E-state index contributed by atoms with van der Waals surface area (Å²) >= 11 is 0. The van der Waals surface area contributed by atoms with Crippen molar-refractivity contribution in [1.29, 1.82) is 0 Å². The quantitative estimate of drug-likeness (QED) is 0.353. The Hall–Kier alpha value is -3.85. The SMILES string of the molecule is CCN(CC)CCn1cc(C2=C(c3c[nH]c4ccccc34)C(=O)NC2=O)c2ccc(C(F)(F)F)cc21. The fraction of sp³-hybridized carbons (Fsp3) is 0.259. The molecule has 2 aromatic carbocycles. The summed E-state index contributed by atoms with van der Waals surface area (Å²) in [5.41, 5.74) is 1.78. The number of fused-ring (bicyclic) bond motifs is 2. The van der Waals surface area contributed by atoms with Gasteiger partial charge in [0.15, 0.2) is 0 Å². The number of benzene rings is 2. The molecular weight excluding hydrogens is 469 g/mol. The second-order valence-corrected chi connectivity index (χ2v) is 8.77. The molecule has 9 heteroatoms. The molecule has 0 bridgehead atoms. The van der Waals surface area contributed by atoms with E-state index in [0.29, 0.717) is 35.1 Å². The van der Waals surface area contributed by atoms with Gasteiger partial charge in [0.2, 0.25) is 0 Å². The van der Waals surface area contributed by atoms with Crippen LogP contribution in [0.15, 0.2) is 54.9 Å². The molecule has 0 fully saturated rings. The lowest BCUT2D eigenvalue weighted by Gasteiger charge is -2.18. The third-order valence-corrected chi connectivity index (χ3v) is 6.82. The van der Waals surface area contributed by atoms with Crippen LogP contribution in [0.25, 0.3) is 33.0 Å². The maximum absolute atomic E-state index is 13.5. The Morgan fingerprint density at radius 3 is 2.31 bits per heavy atom. The molecule has 2 aromatic heterocycles. The molecule has 4 aromatic rings. The highest BCUT2D eigenvalue weighted by atomic mass is 19.4. The van der Waals surface area contributed by atoms with Crippen LogP contribution in [0.1, 0.15) is 30.5 Å². The van der Waals surface area contributed by atoms with Gasteiger partial charge >= 0.3 is 6.18 Å². The zero-order valence-electron chi connectivity index (χ0n) is 19.9. The van der Waals surface area contributed by atoms with E-state index in [1.165, 1.54) is 6.07 Å². The molecule has 6 nitrogen and oxygen atoms in total. The molecule has 186 valence electrons. The zero-order valence-corrected chi connectivity index (χ0v) is 19.9. The van der Waals surface area contributed by atoms with Crippen molar-refractivity contribution in [3.63, 3.8) is 0 Å². The van der Waals surface area contributed by atoms with Crippen molar-refractivity contribution < 1.29 is 22.8 Å². The number of imide groups is 1. The average molecular weight is 495 g/mol. The number of rotatable bonds is 7. The number of aromatic nitrogens is 2. The topological polar surface area (TPSA) is 70.1 Å². The highest BCUT2D eigenvalue weighted by molar-refractivity contribution is 6.50. The first-order valence-electron chi connectivity index (χ1n) is 11.8. The first-order valence-corrected chi connectivity index (χ1v) is 11.8. The molecule has 0 aliphatic carbocycles. The van der Waals surface area contributed by atoms with Crippen molar-refractivity contribution >= 4 is 44.8 Å². The van der Waals surface area contributed by atoms with Gasteiger partial charge in [0.25, 0.3) is 11.8 Å². The number of likely N-dealkylation sites (N-methyl/N-ethyl adjacent to an activating group) is 1. The van der Waals surface area contributed by atoms with Gasteiger partial charge in [-0.25, -0.2) is 0 Å². The Balaban J connectivity index is 1.73. The Morgan fingerprint density at radius 1 is 0.917 bits per heavy atom. The van der Waals surface area contributed by atoms with Crippen LogP contribution in [0.3, 0.4) is 0 Å². The maximum Gasteiger partial charge on any atom is 0.416 e. The van der Waals surface area contributed by atoms with Crippen LogP contribution >= 0.6 is 0 Å². The average Bonchev–Trinajstić information content (AvgIpc) is 3.51. The predicted octanol–water partition coefficient (Wildman–Crippen LogP) is 5.05. The van der Waals surface area contributed by atoms with Gasteiger partial charge in [0.05, 0.1) is 16.7 Å². The summed E-state index contributed by atoms with van der Waals surface area (Å²) in [4.78, 5) is 31.3. The van der Waals surface area contributed by atoms with Gasteiger partial charge in [-0.3, -0.25) is 14.9 Å². The van der Waals surface area contributed by atoms with E-state index in [1.807, 2.05) is 38.1 Å². The number of hydrogen-bond acceptors (Lipinski definition) is 3. The maximum atomic E-state index is 13.5. The van der Waals surface area contributed by atoms with Crippen LogP contribution < -0.4 is 5.32 Å². The number of hydrogen-bond donors (Lipinski definition) is 2. The fourth-order valence-corrected chi connectivity index (χ4v) is 4.89. The molecule has 1 aliphatic heterocycles. The van der Waals surface area contributed by atoms with Gasteiger partial charge in [0, 0.05) is 58.4 Å². The monoisotopic (exact) mass is 494 g/mol. The van der Waals surface area contributed by atoms with E-state index in [1.54, 1.807) is 17.0 Å². The molecule has 0 atom stereocenters. The number of aromatic amines is 1. The predicted molar refractivity (Wildman–Crippen MR) is 133 cm³/mol. The summed E-state index contributed by atoms with van der Waals surface area (Å²) in [7, 11) is 0. The minimum Gasteiger partial charge on any atom is -0.361 e. The Bertz CT molecular complexity index is 1520. The number of alkyl halides is 3. The van der Waals surface area contributed by atoms with Gasteiger partial charge in [0.1, 0.15) is 0 Å². The standard InChI is InChI=1S/C27H25F3N4O2/c1-3-33(4-2)11-12-34-15-20(18-10-9-16(13-22(18)34)27(28,29)30)24-23(25(35)32-26(24)36)19-14-31-21-8-6-5-7-17(19)21/h5-10,13-15,31H,3-4,11-12H2,1-2H3,(H,32,35,36). The van der Waals surface area contributed by atoms with Gasteiger partial charge in [-0.15, -0.1) is 0 Å². The van der Waals surface area contributed by atoms with Crippen molar-refractivity contribution in [3.05, 3.63) is 71.5 Å². The summed E-state index contributed by atoms with van der Waals surface area (Å²) in [5, 5.41) is 3.65. The van der Waals surface area contributed by atoms with Crippen molar-refractivity contribution in [2.24, 2.45) is 0 Å². The van der Waals surface area contributed by atoms with Crippen molar-refractivity contribution in [2.75, 3.05) is 19.6 Å². The molecule has 0 unspecified atom stereocenters. The van der Waals surface area contributed by atoms with E-state index in [9.17, 15) is 22.8 Å². The van der Waals surface area contributed by atoms with Crippen LogP contribution in [0.4, 0.5) is 13.2 Å². The number of carbonyl (C=O) groups is 2. The molecular formula is C27H25F3N4O2. The van der Waals surface area contributed by atoms with Gasteiger partial charge in [-0.05, 0) is 31.3 Å². The van der Waals surface area contributed by atoms with E-state index >= 15 is 0 Å². The second kappa shape index (κ2) is 8.98. The van der Waals surface area contributed by atoms with Crippen LogP contribution in [-0.4, -0.2) is 45.9 Å². The number of nitrogens with one attached hydrogen (secondary N) is 2. The van der Waals surface area contributed by atoms with Crippen molar-refractivity contribution in [1.82, 2.24) is 19.8 Å². The smallest absolute Gasteiger partial charge is 0.361 e.